The van der Waals surface area contributed by atoms with Gasteiger partial charge in [-0.1, -0.05) is 18.2 Å². The van der Waals surface area contributed by atoms with E-state index in [1.807, 2.05) is 20.8 Å². The van der Waals surface area contributed by atoms with Crippen molar-refractivity contribution < 1.29 is 17.9 Å². The Morgan fingerprint density at radius 2 is 1.78 bits per heavy atom. The monoisotopic (exact) mass is 523 g/mol. The lowest BCUT2D eigenvalue weighted by Crippen LogP contribution is -2.44. The number of carbonyl (C=O) groups excluding carboxylic acids is 1. The second kappa shape index (κ2) is 9.97. The maximum Gasteiger partial charge on any atom is 0.293 e. The first-order chi connectivity index (χ1) is 15.1. The number of hydrogen-bond donors (Lipinski definition) is 1. The Morgan fingerprint density at radius 3 is 2.34 bits per heavy atom. The van der Waals surface area contributed by atoms with Crippen molar-refractivity contribution in [2.24, 2.45) is 0 Å². The summed E-state index contributed by atoms with van der Waals surface area (Å²) in [6.07, 6.45) is 2.97. The maximum atomic E-state index is 13.0. The van der Waals surface area contributed by atoms with Gasteiger partial charge in [-0.3, -0.25) is 4.79 Å². The van der Waals surface area contributed by atoms with Gasteiger partial charge >= 0.3 is 0 Å². The van der Waals surface area contributed by atoms with Crippen LogP contribution in [0.15, 0.2) is 52.2 Å². The Balaban J connectivity index is 0.000000360. The lowest BCUT2D eigenvalue weighted by atomic mass is 10.2. The number of piperazine rings is 1. The highest BCUT2D eigenvalue weighted by molar-refractivity contribution is 9.10. The van der Waals surface area contributed by atoms with Crippen molar-refractivity contribution in [1.29, 1.82) is 0 Å². The molecule has 0 amide bonds. The number of anilines is 1. The molecule has 1 fully saturated rings. The van der Waals surface area contributed by atoms with Crippen LogP contribution in [0.4, 0.5) is 5.82 Å². The van der Waals surface area contributed by atoms with Crippen LogP contribution in [0.1, 0.15) is 20.8 Å². The summed E-state index contributed by atoms with van der Waals surface area (Å²) in [5.41, 5.74) is 0.0566. The van der Waals surface area contributed by atoms with Gasteiger partial charge in [-0.15, -0.1) is 0 Å². The van der Waals surface area contributed by atoms with Crippen LogP contribution in [0, 0.1) is 0 Å². The minimum Gasteiger partial charge on any atom is -0.462 e. The first-order valence-corrected chi connectivity index (χ1v) is 12.3. The van der Waals surface area contributed by atoms with Crippen LogP contribution in [-0.2, 0) is 19.6 Å². The molecule has 172 valence electrons. The van der Waals surface area contributed by atoms with Crippen molar-refractivity contribution in [3.63, 3.8) is 0 Å². The van der Waals surface area contributed by atoms with Crippen molar-refractivity contribution >= 4 is 49.3 Å². The second-order valence-corrected chi connectivity index (χ2v) is 10.7. The highest BCUT2D eigenvalue weighted by Crippen LogP contribution is 2.34. The first kappa shape index (κ1) is 24.1. The minimum absolute atomic E-state index is 0.224. The minimum atomic E-state index is -3.73. The van der Waals surface area contributed by atoms with Crippen LogP contribution >= 0.6 is 15.9 Å². The second-order valence-electron chi connectivity index (χ2n) is 8.05. The molecule has 0 saturated carbocycles. The number of aromatic nitrogens is 3. The molecule has 1 N–H and O–H groups in total. The average Bonchev–Trinajstić information content (AvgIpc) is 3.12. The number of halogens is 1. The van der Waals surface area contributed by atoms with Gasteiger partial charge in [0.1, 0.15) is 17.7 Å². The Morgan fingerprint density at radius 1 is 1.12 bits per heavy atom. The van der Waals surface area contributed by atoms with E-state index in [1.54, 1.807) is 36.5 Å². The molecule has 11 heteroatoms. The third kappa shape index (κ3) is 5.45. The van der Waals surface area contributed by atoms with Crippen molar-refractivity contribution in [3.8, 4) is 0 Å². The number of nitrogens with one attached hydrogen (secondary N) is 1. The van der Waals surface area contributed by atoms with Crippen molar-refractivity contribution in [2.75, 3.05) is 31.1 Å². The van der Waals surface area contributed by atoms with Gasteiger partial charge in [0, 0.05) is 36.8 Å². The zero-order valence-corrected chi connectivity index (χ0v) is 20.6. The quantitative estimate of drug-likeness (QED) is 0.520. The number of nitrogens with zero attached hydrogens (tertiary/aromatic N) is 4. The summed E-state index contributed by atoms with van der Waals surface area (Å²) in [6.45, 7) is 9.28. The molecule has 1 aliphatic rings. The molecule has 0 aliphatic carbocycles. The van der Waals surface area contributed by atoms with E-state index in [0.29, 0.717) is 22.0 Å². The largest absolute Gasteiger partial charge is 0.462 e. The standard InChI is InChI=1S/C16H16BrN5O2S.C5H10O2/c17-13-10-22(25(23,24)12-4-2-1-3-5-12)16-14(13)15(19-11-20-16)21-8-6-18-7-9-21;1-5(2,3)7-4-6/h1-5,10-11,18H,6-9H2;4H,1-3H3. The molecule has 9 nitrogen and oxygen atoms in total. The molecule has 0 spiro atoms. The van der Waals surface area contributed by atoms with E-state index in [0.717, 1.165) is 32.0 Å². The van der Waals surface area contributed by atoms with E-state index >= 15 is 0 Å². The van der Waals surface area contributed by atoms with Gasteiger partial charge in [-0.25, -0.2) is 22.4 Å². The zero-order valence-electron chi connectivity index (χ0n) is 18.2. The van der Waals surface area contributed by atoms with E-state index in [2.05, 4.69) is 40.9 Å². The van der Waals surface area contributed by atoms with Crippen molar-refractivity contribution in [1.82, 2.24) is 19.3 Å². The summed E-state index contributed by atoms with van der Waals surface area (Å²) in [6, 6.07) is 8.35. The first-order valence-electron chi connectivity index (χ1n) is 10.0. The molecule has 0 bridgehead atoms. The fourth-order valence-electron chi connectivity index (χ4n) is 3.13. The van der Waals surface area contributed by atoms with Crippen LogP contribution in [0.5, 0.6) is 0 Å². The molecular weight excluding hydrogens is 498 g/mol. The van der Waals surface area contributed by atoms with Gasteiger partial charge in [0.05, 0.1) is 10.3 Å². The van der Waals surface area contributed by atoms with Crippen LogP contribution < -0.4 is 10.2 Å². The summed E-state index contributed by atoms with van der Waals surface area (Å²) >= 11 is 3.49. The SMILES string of the molecule is CC(C)(C)OC=O.O=S(=O)(c1ccccc1)n1cc(Br)c2c(N3CCNCC3)ncnc21. The highest BCUT2D eigenvalue weighted by atomic mass is 79.9. The number of rotatable bonds is 4. The van der Waals surface area contributed by atoms with E-state index in [-0.39, 0.29) is 10.5 Å². The topological polar surface area (TPSA) is 106 Å². The summed E-state index contributed by atoms with van der Waals surface area (Å²) in [4.78, 5) is 20.6. The predicted octanol–water partition coefficient (Wildman–Crippen LogP) is 2.80. The normalized spacial score (nSPS) is 14.6. The molecular formula is C21H26BrN5O4S. The number of ether oxygens (including phenoxy) is 1. The van der Waals surface area contributed by atoms with Gasteiger partial charge in [0.2, 0.25) is 0 Å². The molecule has 2 aromatic heterocycles. The lowest BCUT2D eigenvalue weighted by molar-refractivity contribution is -0.138. The molecule has 3 heterocycles. The van der Waals surface area contributed by atoms with E-state index < -0.39 is 10.0 Å². The molecule has 1 aromatic carbocycles. The van der Waals surface area contributed by atoms with E-state index in [4.69, 9.17) is 0 Å². The Labute approximate surface area is 196 Å². The van der Waals surface area contributed by atoms with Gasteiger partial charge < -0.3 is 15.0 Å². The number of benzene rings is 1. The molecule has 1 aliphatic heterocycles. The Bertz CT molecular complexity index is 1170. The van der Waals surface area contributed by atoms with Crippen LogP contribution in [0.3, 0.4) is 0 Å². The van der Waals surface area contributed by atoms with Crippen LogP contribution in [0.2, 0.25) is 0 Å². The molecule has 4 rings (SSSR count). The fraction of sp³-hybridized carbons (Fsp3) is 0.381. The number of hydrogen-bond acceptors (Lipinski definition) is 8. The molecule has 32 heavy (non-hydrogen) atoms. The van der Waals surface area contributed by atoms with Crippen LogP contribution in [0.25, 0.3) is 11.0 Å². The highest BCUT2D eigenvalue weighted by Gasteiger charge is 2.25. The molecule has 0 radical (unpaired) electrons. The van der Waals surface area contributed by atoms with Gasteiger partial charge in [-0.05, 0) is 48.8 Å². The number of carbonyl (C=O) groups is 1. The summed E-state index contributed by atoms with van der Waals surface area (Å²) in [7, 11) is -3.73. The fourth-order valence-corrected chi connectivity index (χ4v) is 5.16. The smallest absolute Gasteiger partial charge is 0.293 e. The Hall–Kier alpha value is -2.50. The summed E-state index contributed by atoms with van der Waals surface area (Å²) in [5.74, 6) is 0.750. The van der Waals surface area contributed by atoms with Gasteiger partial charge in [0.15, 0.2) is 5.65 Å². The molecule has 3 aromatic rings. The van der Waals surface area contributed by atoms with Gasteiger partial charge in [-0.2, -0.15) is 0 Å². The molecule has 0 atom stereocenters. The predicted molar refractivity (Wildman–Crippen MR) is 126 cm³/mol. The lowest BCUT2D eigenvalue weighted by Gasteiger charge is -2.28. The molecule has 0 unspecified atom stereocenters. The zero-order chi connectivity index (χ0) is 23.4. The third-order valence-electron chi connectivity index (χ3n) is 4.60. The van der Waals surface area contributed by atoms with Crippen molar-refractivity contribution in [3.05, 3.63) is 47.3 Å². The summed E-state index contributed by atoms with van der Waals surface area (Å²) < 4.78 is 32.4. The molecule has 1 saturated heterocycles. The van der Waals surface area contributed by atoms with E-state index in [9.17, 15) is 13.2 Å². The third-order valence-corrected chi connectivity index (χ3v) is 6.87. The average molecular weight is 524 g/mol. The number of fused-ring (bicyclic) bond motifs is 1. The van der Waals surface area contributed by atoms with Crippen molar-refractivity contribution in [2.45, 2.75) is 31.3 Å². The van der Waals surface area contributed by atoms with Crippen LogP contribution in [-0.4, -0.2) is 60.6 Å². The van der Waals surface area contributed by atoms with E-state index in [1.165, 1.54) is 10.3 Å². The van der Waals surface area contributed by atoms with Gasteiger partial charge in [0.25, 0.3) is 16.5 Å². The maximum absolute atomic E-state index is 13.0. The summed E-state index contributed by atoms with van der Waals surface area (Å²) in [5, 5.41) is 4.01. The Kier molecular flexibility index (Phi) is 7.52.